The van der Waals surface area contributed by atoms with Gasteiger partial charge in [0.05, 0.1) is 18.0 Å². The van der Waals surface area contributed by atoms with E-state index < -0.39 is 12.2 Å². The van der Waals surface area contributed by atoms with E-state index in [0.29, 0.717) is 17.1 Å². The minimum Gasteiger partial charge on any atom is -0.464 e. The third-order valence-electron chi connectivity index (χ3n) is 2.83. The first kappa shape index (κ1) is 15.4. The summed E-state index contributed by atoms with van der Waals surface area (Å²) in [4.78, 5) is 24.1. The Morgan fingerprint density at radius 3 is 2.41 bits per heavy atom. The molecule has 2 amide bonds. The quantitative estimate of drug-likeness (QED) is 0.892. The van der Waals surface area contributed by atoms with Crippen LogP contribution in [0.4, 0.5) is 26.7 Å². The minimum atomic E-state index is -1.11. The van der Waals surface area contributed by atoms with Gasteiger partial charge >= 0.3 is 12.2 Å². The molecule has 0 spiro atoms. The Morgan fingerprint density at radius 2 is 1.77 bits per heavy atom. The van der Waals surface area contributed by atoms with E-state index in [1.54, 1.807) is 55.5 Å². The Morgan fingerprint density at radius 1 is 1.09 bits per heavy atom. The summed E-state index contributed by atoms with van der Waals surface area (Å²) in [5.41, 5.74) is 1.40. The van der Waals surface area contributed by atoms with E-state index in [-0.39, 0.29) is 6.61 Å². The number of para-hydroxylation sites is 1. The number of carbonyl (C=O) groups is 2. The minimum absolute atomic E-state index is 0.261. The zero-order chi connectivity index (χ0) is 15.9. The van der Waals surface area contributed by atoms with E-state index >= 15 is 0 Å². The maximum absolute atomic E-state index is 11.6. The van der Waals surface area contributed by atoms with E-state index in [0.717, 1.165) is 4.90 Å². The SMILES string of the molecule is CCOC(=O)Nc1cccc(N(C(=O)O)c2ccccc2)c1. The van der Waals surface area contributed by atoms with Crippen molar-refractivity contribution < 1.29 is 19.4 Å². The second kappa shape index (κ2) is 7.12. The third kappa shape index (κ3) is 3.76. The number of nitrogens with zero attached hydrogens (tertiary/aromatic N) is 1. The largest absolute Gasteiger partial charge is 0.464 e. The van der Waals surface area contributed by atoms with Gasteiger partial charge in [-0.2, -0.15) is 0 Å². The molecule has 0 unspecified atom stereocenters. The smallest absolute Gasteiger partial charge is 0.416 e. The predicted octanol–water partition coefficient (Wildman–Crippen LogP) is 4.07. The molecule has 6 heteroatoms. The lowest BCUT2D eigenvalue weighted by molar-refractivity contribution is 0.168. The Bertz CT molecular complexity index is 658. The average Bonchev–Trinajstić information content (AvgIpc) is 2.49. The summed E-state index contributed by atoms with van der Waals surface area (Å²) in [5, 5.41) is 12.0. The number of ether oxygens (including phenoxy) is 1. The molecule has 2 aromatic rings. The maximum Gasteiger partial charge on any atom is 0.416 e. The van der Waals surface area contributed by atoms with Crippen molar-refractivity contribution in [3.8, 4) is 0 Å². The van der Waals surface area contributed by atoms with Gasteiger partial charge in [-0.15, -0.1) is 0 Å². The van der Waals surface area contributed by atoms with Crippen LogP contribution >= 0.6 is 0 Å². The van der Waals surface area contributed by atoms with E-state index in [1.807, 2.05) is 6.07 Å². The molecule has 0 aromatic heterocycles. The number of anilines is 3. The molecule has 0 saturated heterocycles. The number of carboxylic acid groups (broad SMARTS) is 1. The molecule has 2 rings (SSSR count). The Labute approximate surface area is 127 Å². The first-order chi connectivity index (χ1) is 10.6. The molecule has 2 aromatic carbocycles. The maximum atomic E-state index is 11.6. The van der Waals surface area contributed by atoms with E-state index in [9.17, 15) is 14.7 Å². The molecule has 0 aliphatic heterocycles. The fourth-order valence-corrected chi connectivity index (χ4v) is 1.95. The second-order valence-electron chi connectivity index (χ2n) is 4.35. The molecule has 0 atom stereocenters. The molecule has 0 radical (unpaired) electrons. The lowest BCUT2D eigenvalue weighted by atomic mass is 10.2. The van der Waals surface area contributed by atoms with E-state index in [2.05, 4.69) is 5.32 Å². The Balaban J connectivity index is 2.30. The summed E-state index contributed by atoms with van der Waals surface area (Å²) in [6, 6.07) is 15.2. The zero-order valence-corrected chi connectivity index (χ0v) is 12.0. The summed E-state index contributed by atoms with van der Waals surface area (Å²) in [7, 11) is 0. The number of carbonyl (C=O) groups excluding carboxylic acids is 1. The van der Waals surface area contributed by atoms with Crippen LogP contribution in [0.2, 0.25) is 0 Å². The highest BCUT2D eigenvalue weighted by atomic mass is 16.5. The Hall–Kier alpha value is -3.02. The highest BCUT2D eigenvalue weighted by molar-refractivity contribution is 5.96. The first-order valence-electron chi connectivity index (χ1n) is 6.73. The first-order valence-corrected chi connectivity index (χ1v) is 6.73. The van der Waals surface area contributed by atoms with Crippen LogP contribution < -0.4 is 10.2 Å². The lowest BCUT2D eigenvalue weighted by Gasteiger charge is -2.20. The molecule has 0 heterocycles. The summed E-state index contributed by atoms with van der Waals surface area (Å²) in [6.45, 7) is 1.97. The number of amides is 2. The zero-order valence-electron chi connectivity index (χ0n) is 12.0. The van der Waals surface area contributed by atoms with E-state index in [1.165, 1.54) is 0 Å². The molecule has 0 aliphatic carbocycles. The van der Waals surface area contributed by atoms with Gasteiger partial charge in [0.15, 0.2) is 0 Å². The number of hydrogen-bond donors (Lipinski definition) is 2. The van der Waals surface area contributed by atoms with Crippen molar-refractivity contribution in [1.82, 2.24) is 0 Å². The lowest BCUT2D eigenvalue weighted by Crippen LogP contribution is -2.23. The molecule has 2 N–H and O–H groups in total. The van der Waals surface area contributed by atoms with E-state index in [4.69, 9.17) is 4.74 Å². The third-order valence-corrected chi connectivity index (χ3v) is 2.83. The van der Waals surface area contributed by atoms with Gasteiger partial charge in [0.1, 0.15) is 0 Å². The fourth-order valence-electron chi connectivity index (χ4n) is 1.95. The summed E-state index contributed by atoms with van der Waals surface area (Å²) >= 11 is 0. The molecule has 0 fully saturated rings. The monoisotopic (exact) mass is 300 g/mol. The molecule has 114 valence electrons. The highest BCUT2D eigenvalue weighted by Gasteiger charge is 2.17. The number of nitrogens with one attached hydrogen (secondary N) is 1. The van der Waals surface area contributed by atoms with Gasteiger partial charge in [0, 0.05) is 5.69 Å². The van der Waals surface area contributed by atoms with Crippen molar-refractivity contribution in [2.24, 2.45) is 0 Å². The average molecular weight is 300 g/mol. The second-order valence-corrected chi connectivity index (χ2v) is 4.35. The van der Waals surface area contributed by atoms with Crippen molar-refractivity contribution in [1.29, 1.82) is 0 Å². The molecule has 6 nitrogen and oxygen atoms in total. The molecule has 0 aliphatic rings. The Kier molecular flexibility index (Phi) is 4.98. The van der Waals surface area contributed by atoms with Crippen LogP contribution in [0, 0.1) is 0 Å². The van der Waals surface area contributed by atoms with Crippen LogP contribution in [0.25, 0.3) is 0 Å². The van der Waals surface area contributed by atoms with Crippen LogP contribution in [0.5, 0.6) is 0 Å². The molecule has 0 saturated carbocycles. The van der Waals surface area contributed by atoms with Crippen LogP contribution in [-0.4, -0.2) is 23.9 Å². The summed E-state index contributed by atoms with van der Waals surface area (Å²) in [5.74, 6) is 0. The van der Waals surface area contributed by atoms with Crippen LogP contribution in [-0.2, 0) is 4.74 Å². The molecular weight excluding hydrogens is 284 g/mol. The van der Waals surface area contributed by atoms with Gasteiger partial charge in [-0.3, -0.25) is 5.32 Å². The van der Waals surface area contributed by atoms with Gasteiger partial charge in [0.25, 0.3) is 0 Å². The molecule has 22 heavy (non-hydrogen) atoms. The van der Waals surface area contributed by atoms with Gasteiger partial charge < -0.3 is 9.84 Å². The van der Waals surface area contributed by atoms with Crippen LogP contribution in [0.15, 0.2) is 54.6 Å². The number of benzene rings is 2. The van der Waals surface area contributed by atoms with Gasteiger partial charge in [0.2, 0.25) is 0 Å². The summed E-state index contributed by atoms with van der Waals surface area (Å²) < 4.78 is 4.80. The van der Waals surface area contributed by atoms with Crippen molar-refractivity contribution in [2.45, 2.75) is 6.92 Å². The molecular formula is C16H16N2O4. The van der Waals surface area contributed by atoms with Gasteiger partial charge in [-0.1, -0.05) is 24.3 Å². The van der Waals surface area contributed by atoms with Crippen molar-refractivity contribution >= 4 is 29.2 Å². The topological polar surface area (TPSA) is 78.9 Å². The highest BCUT2D eigenvalue weighted by Crippen LogP contribution is 2.27. The van der Waals surface area contributed by atoms with Gasteiger partial charge in [-0.05, 0) is 37.3 Å². The van der Waals surface area contributed by atoms with Crippen molar-refractivity contribution in [3.05, 3.63) is 54.6 Å². The molecule has 0 bridgehead atoms. The summed E-state index contributed by atoms with van der Waals surface area (Å²) in [6.07, 6.45) is -1.69. The van der Waals surface area contributed by atoms with Gasteiger partial charge in [-0.25, -0.2) is 14.5 Å². The predicted molar refractivity (Wildman–Crippen MR) is 83.7 cm³/mol. The van der Waals surface area contributed by atoms with Crippen LogP contribution in [0.1, 0.15) is 6.92 Å². The van der Waals surface area contributed by atoms with Crippen molar-refractivity contribution in [2.75, 3.05) is 16.8 Å². The normalized spacial score (nSPS) is 9.86. The number of hydrogen-bond acceptors (Lipinski definition) is 3. The number of rotatable bonds is 4. The standard InChI is InChI=1S/C16H16N2O4/c1-2-22-15(19)17-12-7-6-10-14(11-12)18(16(20)21)13-8-4-3-5-9-13/h3-11H,2H2,1H3,(H,17,19)(H,20,21). The van der Waals surface area contributed by atoms with Crippen LogP contribution in [0.3, 0.4) is 0 Å². The van der Waals surface area contributed by atoms with Crippen molar-refractivity contribution in [3.63, 3.8) is 0 Å². The fraction of sp³-hybridized carbons (Fsp3) is 0.125.